The Morgan fingerprint density at radius 2 is 2.17 bits per heavy atom. The van der Waals surface area contributed by atoms with Crippen molar-refractivity contribution in [3.8, 4) is 0 Å². The van der Waals surface area contributed by atoms with Gasteiger partial charge in [0, 0.05) is 26.7 Å². The Morgan fingerprint density at radius 1 is 1.45 bits per heavy atom. The smallest absolute Gasteiger partial charge is 0.409 e. The molecular weight excluding hydrogens is 391 g/mol. The molecule has 3 aliphatic heterocycles. The second-order valence-corrected chi connectivity index (χ2v) is 7.89. The number of carbonyl (C=O) groups is 1. The molecule has 164 valence electrons. The van der Waals surface area contributed by atoms with Crippen LogP contribution in [0.3, 0.4) is 0 Å². The van der Waals surface area contributed by atoms with E-state index >= 15 is 0 Å². The first-order chi connectivity index (χ1) is 13.7. The van der Waals surface area contributed by atoms with Gasteiger partial charge in [0.2, 0.25) is 0 Å². The Bertz CT molecular complexity index is 645. The quantitative estimate of drug-likeness (QED) is 0.709. The van der Waals surface area contributed by atoms with Gasteiger partial charge < -0.3 is 29.7 Å². The van der Waals surface area contributed by atoms with Gasteiger partial charge in [-0.05, 0) is 25.3 Å². The van der Waals surface area contributed by atoms with E-state index in [9.17, 15) is 18.0 Å². The molecule has 0 bridgehead atoms. The summed E-state index contributed by atoms with van der Waals surface area (Å²) in [5, 5.41) is 12.3. The van der Waals surface area contributed by atoms with E-state index in [1.54, 1.807) is 0 Å². The molecule has 29 heavy (non-hydrogen) atoms. The van der Waals surface area contributed by atoms with E-state index in [-0.39, 0.29) is 11.6 Å². The Labute approximate surface area is 168 Å². The van der Waals surface area contributed by atoms with E-state index in [4.69, 9.17) is 14.6 Å². The first-order valence-electron chi connectivity index (χ1n) is 9.80. The minimum absolute atomic E-state index is 0.172. The minimum Gasteiger partial charge on any atom is -0.449 e. The summed E-state index contributed by atoms with van der Waals surface area (Å²) in [7, 11) is 2.01. The number of rotatable bonds is 5. The van der Waals surface area contributed by atoms with Gasteiger partial charge in [-0.3, -0.25) is 0 Å². The number of hydrogen-bond acceptors (Lipinski definition) is 6. The summed E-state index contributed by atoms with van der Waals surface area (Å²) in [6.07, 6.45) is 2.76. The summed E-state index contributed by atoms with van der Waals surface area (Å²) in [6.45, 7) is 0.173. The van der Waals surface area contributed by atoms with Crippen LogP contribution in [0.5, 0.6) is 0 Å². The van der Waals surface area contributed by atoms with Crippen molar-refractivity contribution < 1.29 is 32.5 Å². The lowest BCUT2D eigenvalue weighted by molar-refractivity contribution is -0.193. The van der Waals surface area contributed by atoms with Crippen LogP contribution in [-0.4, -0.2) is 85.3 Å². The molecule has 1 amide bonds. The fourth-order valence-corrected chi connectivity index (χ4v) is 3.87. The van der Waals surface area contributed by atoms with Gasteiger partial charge in [-0.2, -0.15) is 13.2 Å². The molecule has 0 aromatic heterocycles. The summed E-state index contributed by atoms with van der Waals surface area (Å²) in [6, 6.07) is 0.172. The number of allylic oxidation sites excluding steroid dienone is 2. The van der Waals surface area contributed by atoms with Crippen LogP contribution in [0.2, 0.25) is 0 Å². The van der Waals surface area contributed by atoms with Crippen molar-refractivity contribution in [2.75, 3.05) is 46.5 Å². The van der Waals surface area contributed by atoms with E-state index in [0.29, 0.717) is 32.5 Å². The van der Waals surface area contributed by atoms with Crippen molar-refractivity contribution >= 4 is 6.09 Å². The van der Waals surface area contributed by atoms with Crippen molar-refractivity contribution in [1.29, 1.82) is 0 Å². The number of piperidine rings is 1. The number of hydrogen-bond donors (Lipinski definition) is 2. The number of nitrogens with zero attached hydrogens (tertiary/aromatic N) is 2. The maximum absolute atomic E-state index is 12.6. The third-order valence-corrected chi connectivity index (χ3v) is 5.77. The molecule has 2 fully saturated rings. The predicted molar refractivity (Wildman–Crippen MR) is 98.9 cm³/mol. The molecule has 0 saturated carbocycles. The molecule has 2 N–H and O–H groups in total. The van der Waals surface area contributed by atoms with E-state index < -0.39 is 31.4 Å². The first kappa shape index (κ1) is 21.8. The molecule has 3 aliphatic rings. The van der Waals surface area contributed by atoms with Crippen molar-refractivity contribution in [3.63, 3.8) is 0 Å². The zero-order chi connectivity index (χ0) is 21.1. The summed E-state index contributed by atoms with van der Waals surface area (Å²) >= 11 is 0. The van der Waals surface area contributed by atoms with Crippen molar-refractivity contribution in [3.05, 3.63) is 24.0 Å². The lowest BCUT2D eigenvalue weighted by atomic mass is 9.87. The monoisotopic (exact) mass is 419 g/mol. The molecule has 7 nitrogen and oxygen atoms in total. The third kappa shape index (κ3) is 5.36. The highest BCUT2D eigenvalue weighted by Gasteiger charge is 2.44. The zero-order valence-electron chi connectivity index (χ0n) is 16.5. The molecule has 2 saturated heterocycles. The van der Waals surface area contributed by atoms with E-state index in [2.05, 4.69) is 16.3 Å². The second-order valence-electron chi connectivity index (χ2n) is 7.89. The minimum atomic E-state index is -4.60. The Morgan fingerprint density at radius 3 is 2.79 bits per heavy atom. The molecule has 0 aromatic carbocycles. The van der Waals surface area contributed by atoms with Crippen LogP contribution in [-0.2, 0) is 9.47 Å². The molecule has 1 unspecified atom stereocenters. The van der Waals surface area contributed by atoms with Crippen LogP contribution in [0.4, 0.5) is 18.0 Å². The average molecular weight is 419 g/mol. The number of alkyl halides is 3. The van der Waals surface area contributed by atoms with Crippen LogP contribution in [0.25, 0.3) is 0 Å². The van der Waals surface area contributed by atoms with Gasteiger partial charge >= 0.3 is 12.3 Å². The Kier molecular flexibility index (Phi) is 6.62. The molecular formula is C19H28F3N3O4. The maximum Gasteiger partial charge on any atom is 0.409 e. The first-order valence-corrected chi connectivity index (χ1v) is 9.80. The summed E-state index contributed by atoms with van der Waals surface area (Å²) in [5.41, 5.74) is -0.322. The average Bonchev–Trinajstić information content (AvgIpc) is 3.05. The summed E-state index contributed by atoms with van der Waals surface area (Å²) < 4.78 is 48.8. The number of aliphatic hydroxyl groups excluding tert-OH is 1. The van der Waals surface area contributed by atoms with Crippen LogP contribution in [0, 0.1) is 5.92 Å². The molecule has 0 radical (unpaired) electrons. The van der Waals surface area contributed by atoms with E-state index in [1.165, 1.54) is 4.90 Å². The van der Waals surface area contributed by atoms with Crippen LogP contribution < -0.4 is 5.32 Å². The lowest BCUT2D eigenvalue weighted by Gasteiger charge is -2.38. The molecule has 0 aromatic rings. The number of ether oxygens (including phenoxy) is 2. The lowest BCUT2D eigenvalue weighted by Crippen LogP contribution is -2.47. The molecule has 10 heteroatoms. The molecule has 3 rings (SSSR count). The maximum atomic E-state index is 12.6. The molecule has 2 atom stereocenters. The Balaban J connectivity index is 1.45. The van der Waals surface area contributed by atoms with Crippen LogP contribution in [0.1, 0.15) is 19.3 Å². The SMILES string of the molecule is CN1CC=CC=C1NC1COC2(CCN(C(=O)OC[C@H](CO)C(F)(F)F)CC2)C1. The zero-order valence-corrected chi connectivity index (χ0v) is 16.5. The fraction of sp³-hybridized carbons (Fsp3) is 0.737. The topological polar surface area (TPSA) is 74.3 Å². The number of likely N-dealkylation sites (tertiary alicyclic amines) is 1. The van der Waals surface area contributed by atoms with Crippen molar-refractivity contribution in [1.82, 2.24) is 15.1 Å². The summed E-state index contributed by atoms with van der Waals surface area (Å²) in [4.78, 5) is 15.6. The number of carbonyl (C=O) groups excluding carboxylic acids is 1. The molecule has 3 heterocycles. The van der Waals surface area contributed by atoms with Gasteiger partial charge in [-0.1, -0.05) is 12.2 Å². The number of nitrogens with one attached hydrogen (secondary N) is 1. The van der Waals surface area contributed by atoms with E-state index in [1.807, 2.05) is 19.2 Å². The van der Waals surface area contributed by atoms with Gasteiger partial charge in [-0.25, -0.2) is 4.79 Å². The van der Waals surface area contributed by atoms with Gasteiger partial charge in [0.05, 0.1) is 24.9 Å². The summed E-state index contributed by atoms with van der Waals surface area (Å²) in [5.74, 6) is -1.02. The molecule has 1 spiro atoms. The standard InChI is InChI=1S/C19H28F3N3O4/c1-24-7-3-2-4-16(24)23-15-10-18(29-13-15)5-8-25(9-6-18)17(27)28-12-14(11-26)19(20,21)22/h2-4,14-15,23,26H,5-13H2,1H3/t14-,15?/m0/s1. The highest BCUT2D eigenvalue weighted by molar-refractivity contribution is 5.67. The van der Waals surface area contributed by atoms with Gasteiger partial charge in [0.1, 0.15) is 18.3 Å². The number of halogens is 3. The van der Waals surface area contributed by atoms with Crippen LogP contribution in [0.15, 0.2) is 24.0 Å². The largest absolute Gasteiger partial charge is 0.449 e. The van der Waals surface area contributed by atoms with Crippen molar-refractivity contribution in [2.45, 2.75) is 37.1 Å². The van der Waals surface area contributed by atoms with Gasteiger partial charge in [0.15, 0.2) is 0 Å². The number of aliphatic hydroxyl groups is 1. The predicted octanol–water partition coefficient (Wildman–Crippen LogP) is 1.85. The highest BCUT2D eigenvalue weighted by atomic mass is 19.4. The number of amides is 1. The normalized spacial score (nSPS) is 25.1. The third-order valence-electron chi connectivity index (χ3n) is 5.77. The van der Waals surface area contributed by atoms with Gasteiger partial charge in [-0.15, -0.1) is 0 Å². The Hall–Kier alpha value is -1.94. The van der Waals surface area contributed by atoms with Gasteiger partial charge in [0.25, 0.3) is 0 Å². The van der Waals surface area contributed by atoms with E-state index in [0.717, 1.165) is 18.8 Å². The van der Waals surface area contributed by atoms with Crippen molar-refractivity contribution in [2.24, 2.45) is 5.92 Å². The van der Waals surface area contributed by atoms with Crippen LogP contribution >= 0.6 is 0 Å². The fourth-order valence-electron chi connectivity index (χ4n) is 3.87. The second kappa shape index (κ2) is 8.83. The number of likely N-dealkylation sites (N-methyl/N-ethyl adjacent to an activating group) is 1. The molecule has 0 aliphatic carbocycles. The highest BCUT2D eigenvalue weighted by Crippen LogP contribution is 2.36.